The zero-order chi connectivity index (χ0) is 32.1. The summed E-state index contributed by atoms with van der Waals surface area (Å²) in [6.45, 7) is 4.04. The third kappa shape index (κ3) is 7.22. The Bertz CT molecular complexity index is 1620. The first-order chi connectivity index (χ1) is 21.6. The van der Waals surface area contributed by atoms with Crippen molar-refractivity contribution in [2.75, 3.05) is 11.9 Å². The summed E-state index contributed by atoms with van der Waals surface area (Å²) in [4.78, 5) is 61.8. The number of hydrogen-bond acceptors (Lipinski definition) is 5. The number of aliphatic carboxylic acids is 1. The van der Waals surface area contributed by atoms with Crippen LogP contribution in [0.3, 0.4) is 0 Å². The third-order valence-corrected chi connectivity index (χ3v) is 8.47. The minimum atomic E-state index is -0.994. The summed E-state index contributed by atoms with van der Waals surface area (Å²) in [5.41, 5.74) is 5.55. The molecule has 5 rings (SSSR count). The van der Waals surface area contributed by atoms with E-state index in [0.29, 0.717) is 33.9 Å². The van der Waals surface area contributed by atoms with Crippen molar-refractivity contribution in [2.45, 2.75) is 70.8 Å². The van der Waals surface area contributed by atoms with Crippen molar-refractivity contribution < 1.29 is 29.1 Å². The fourth-order valence-electron chi connectivity index (χ4n) is 6.17. The smallest absolute Gasteiger partial charge is 0.319 e. The molecule has 2 aliphatic rings. The highest BCUT2D eigenvalue weighted by Gasteiger charge is 2.34. The SMILES string of the molecule is CC(C)c1c(NC(=O)NCc2ccc(C(=O)NCCC(=O)O)cc2)c(-c2ccc(C3CCCCC3)cc2)cc2c1C(=O)NC2=O. The van der Waals surface area contributed by atoms with Gasteiger partial charge in [-0.25, -0.2) is 4.79 Å². The van der Waals surface area contributed by atoms with Gasteiger partial charge in [-0.3, -0.25) is 24.5 Å². The van der Waals surface area contributed by atoms with Gasteiger partial charge in [-0.15, -0.1) is 0 Å². The Hall–Kier alpha value is -4.99. The predicted octanol–water partition coefficient (Wildman–Crippen LogP) is 5.93. The van der Waals surface area contributed by atoms with Crippen LogP contribution in [0.4, 0.5) is 10.5 Å². The maximum atomic E-state index is 13.3. The van der Waals surface area contributed by atoms with Gasteiger partial charge in [-0.05, 0) is 65.1 Å². The first-order valence-electron chi connectivity index (χ1n) is 15.4. The van der Waals surface area contributed by atoms with Crippen molar-refractivity contribution in [3.8, 4) is 11.1 Å². The van der Waals surface area contributed by atoms with E-state index in [2.05, 4.69) is 33.4 Å². The molecule has 5 amide bonds. The molecule has 0 unspecified atom stereocenters. The van der Waals surface area contributed by atoms with Gasteiger partial charge in [0.25, 0.3) is 17.7 Å². The summed E-state index contributed by atoms with van der Waals surface area (Å²) in [5.74, 6) is -1.95. The van der Waals surface area contributed by atoms with Gasteiger partial charge < -0.3 is 21.1 Å². The molecule has 10 nitrogen and oxygen atoms in total. The fraction of sp³-hybridized carbons (Fsp3) is 0.343. The Morgan fingerprint density at radius 2 is 1.58 bits per heavy atom. The van der Waals surface area contributed by atoms with Crippen molar-refractivity contribution in [3.05, 3.63) is 88.0 Å². The maximum Gasteiger partial charge on any atom is 0.319 e. The summed E-state index contributed by atoms with van der Waals surface area (Å²) in [6.07, 6.45) is 5.92. The molecule has 0 saturated heterocycles. The molecule has 45 heavy (non-hydrogen) atoms. The van der Waals surface area contributed by atoms with Gasteiger partial charge in [0, 0.05) is 24.2 Å². The lowest BCUT2D eigenvalue weighted by molar-refractivity contribution is -0.136. The van der Waals surface area contributed by atoms with Crippen LogP contribution in [-0.4, -0.2) is 41.4 Å². The van der Waals surface area contributed by atoms with E-state index in [4.69, 9.17) is 5.11 Å². The number of amides is 5. The van der Waals surface area contributed by atoms with Crippen molar-refractivity contribution in [2.24, 2.45) is 0 Å². The third-order valence-electron chi connectivity index (χ3n) is 8.47. The minimum Gasteiger partial charge on any atom is -0.481 e. The zero-order valence-corrected chi connectivity index (χ0v) is 25.5. The molecule has 0 radical (unpaired) electrons. The monoisotopic (exact) mass is 610 g/mol. The van der Waals surface area contributed by atoms with Crippen molar-refractivity contribution in [1.29, 1.82) is 0 Å². The molecule has 0 aromatic heterocycles. The van der Waals surface area contributed by atoms with Crippen LogP contribution in [0.1, 0.15) is 112 Å². The Kier molecular flexibility index (Phi) is 9.61. The van der Waals surface area contributed by atoms with Crippen LogP contribution in [0.2, 0.25) is 0 Å². The van der Waals surface area contributed by atoms with Gasteiger partial charge in [0.05, 0.1) is 23.2 Å². The Labute approximate surface area is 262 Å². The van der Waals surface area contributed by atoms with Crippen LogP contribution in [0, 0.1) is 0 Å². The van der Waals surface area contributed by atoms with Crippen molar-refractivity contribution >= 4 is 35.4 Å². The van der Waals surface area contributed by atoms with Gasteiger partial charge >= 0.3 is 12.0 Å². The molecule has 1 saturated carbocycles. The largest absolute Gasteiger partial charge is 0.481 e. The highest BCUT2D eigenvalue weighted by molar-refractivity contribution is 6.24. The Balaban J connectivity index is 1.37. The van der Waals surface area contributed by atoms with Gasteiger partial charge in [0.2, 0.25) is 0 Å². The van der Waals surface area contributed by atoms with Crippen LogP contribution in [0.25, 0.3) is 11.1 Å². The molecular weight excluding hydrogens is 572 g/mol. The number of fused-ring (bicyclic) bond motifs is 1. The molecule has 1 aliphatic carbocycles. The number of nitrogens with one attached hydrogen (secondary N) is 4. The first-order valence-corrected chi connectivity index (χ1v) is 15.4. The predicted molar refractivity (Wildman–Crippen MR) is 170 cm³/mol. The number of imide groups is 1. The molecule has 0 atom stereocenters. The van der Waals surface area contributed by atoms with Crippen molar-refractivity contribution in [1.82, 2.24) is 16.0 Å². The van der Waals surface area contributed by atoms with Gasteiger partial charge in [-0.1, -0.05) is 69.5 Å². The maximum absolute atomic E-state index is 13.3. The summed E-state index contributed by atoms with van der Waals surface area (Å²) >= 11 is 0. The van der Waals surface area contributed by atoms with E-state index in [9.17, 15) is 24.0 Å². The molecule has 5 N–H and O–H groups in total. The Morgan fingerprint density at radius 3 is 2.22 bits per heavy atom. The number of hydrogen-bond donors (Lipinski definition) is 5. The lowest BCUT2D eigenvalue weighted by Gasteiger charge is -2.23. The molecule has 3 aromatic rings. The quantitative estimate of drug-likeness (QED) is 0.179. The summed E-state index contributed by atoms with van der Waals surface area (Å²) in [7, 11) is 0. The van der Waals surface area contributed by atoms with E-state index < -0.39 is 23.8 Å². The summed E-state index contributed by atoms with van der Waals surface area (Å²) < 4.78 is 0. The Morgan fingerprint density at radius 1 is 0.889 bits per heavy atom. The van der Waals surface area contributed by atoms with Crippen LogP contribution < -0.4 is 21.3 Å². The number of carbonyl (C=O) groups excluding carboxylic acids is 4. The molecule has 1 heterocycles. The van der Waals surface area contributed by atoms with Gasteiger partial charge in [0.1, 0.15) is 0 Å². The lowest BCUT2D eigenvalue weighted by atomic mass is 9.83. The van der Waals surface area contributed by atoms with Crippen LogP contribution >= 0.6 is 0 Å². The van der Waals surface area contributed by atoms with E-state index >= 15 is 0 Å². The topological polar surface area (TPSA) is 154 Å². The number of rotatable bonds is 10. The molecule has 234 valence electrons. The summed E-state index contributed by atoms with van der Waals surface area (Å²) in [6, 6.07) is 16.1. The fourth-order valence-corrected chi connectivity index (χ4v) is 6.17. The lowest BCUT2D eigenvalue weighted by Crippen LogP contribution is -2.29. The number of carboxylic acid groups (broad SMARTS) is 1. The molecular formula is C35H38N4O6. The average molecular weight is 611 g/mol. The van der Waals surface area contributed by atoms with Gasteiger partial charge in [0.15, 0.2) is 0 Å². The molecule has 10 heteroatoms. The molecule has 1 aliphatic heterocycles. The first kappa shape index (κ1) is 31.4. The van der Waals surface area contributed by atoms with E-state index in [0.717, 1.165) is 11.1 Å². The second-order valence-electron chi connectivity index (χ2n) is 11.9. The number of carboxylic acids is 1. The molecule has 0 spiro atoms. The van der Waals surface area contributed by atoms with Crippen LogP contribution in [-0.2, 0) is 11.3 Å². The zero-order valence-electron chi connectivity index (χ0n) is 25.5. The number of benzene rings is 3. The number of anilines is 1. The summed E-state index contributed by atoms with van der Waals surface area (Å²) in [5, 5.41) is 19.5. The minimum absolute atomic E-state index is 0.0289. The molecule has 3 aromatic carbocycles. The standard InChI is InChI=1S/C35H38N4O6/c1-20(2)29-30-27(33(43)39-34(30)44)18-26(24-14-12-23(13-15-24)22-6-4-3-5-7-22)31(29)38-35(45)37-19-21-8-10-25(11-9-21)32(42)36-17-16-28(40)41/h8-15,18,20,22H,3-7,16-17,19H2,1-2H3,(H,36,42)(H,40,41)(H2,37,38,45)(H,39,43,44). The molecule has 1 fully saturated rings. The second-order valence-corrected chi connectivity index (χ2v) is 11.9. The second kappa shape index (κ2) is 13.8. The normalized spacial score (nSPS) is 14.6. The number of urea groups is 1. The highest BCUT2D eigenvalue weighted by Crippen LogP contribution is 2.41. The van der Waals surface area contributed by atoms with E-state index in [1.807, 2.05) is 26.0 Å². The average Bonchev–Trinajstić information content (AvgIpc) is 3.32. The van der Waals surface area contributed by atoms with Gasteiger partial charge in [-0.2, -0.15) is 0 Å². The van der Waals surface area contributed by atoms with Crippen LogP contribution in [0.5, 0.6) is 0 Å². The molecule has 0 bridgehead atoms. The van der Waals surface area contributed by atoms with Crippen LogP contribution in [0.15, 0.2) is 54.6 Å². The van der Waals surface area contributed by atoms with Crippen molar-refractivity contribution in [3.63, 3.8) is 0 Å². The number of carbonyl (C=O) groups is 5. The van der Waals surface area contributed by atoms with E-state index in [1.54, 1.807) is 30.3 Å². The van der Waals surface area contributed by atoms with E-state index in [1.165, 1.54) is 37.7 Å². The van der Waals surface area contributed by atoms with E-state index in [-0.39, 0.29) is 36.9 Å². The highest BCUT2D eigenvalue weighted by atomic mass is 16.4.